The highest BCUT2D eigenvalue weighted by Gasteiger charge is 2.42. The van der Waals surface area contributed by atoms with Gasteiger partial charge in [-0.05, 0) is 23.8 Å². The molecule has 0 atom stereocenters. The van der Waals surface area contributed by atoms with E-state index in [0.29, 0.717) is 43.1 Å². The Morgan fingerprint density at radius 1 is 1.12 bits per heavy atom. The van der Waals surface area contributed by atoms with Gasteiger partial charge in [-0.3, -0.25) is 9.79 Å². The van der Waals surface area contributed by atoms with Crippen molar-refractivity contribution in [2.24, 2.45) is 4.99 Å². The predicted molar refractivity (Wildman–Crippen MR) is 121 cm³/mol. The number of sulfone groups is 1. The third-order valence-corrected chi connectivity index (χ3v) is 7.68. The minimum absolute atomic E-state index is 0.0881. The lowest BCUT2D eigenvalue weighted by molar-refractivity contribution is -0.127. The van der Waals surface area contributed by atoms with Gasteiger partial charge in [0.25, 0.3) is 5.91 Å². The lowest BCUT2D eigenvalue weighted by Crippen LogP contribution is -2.45. The van der Waals surface area contributed by atoms with E-state index in [-0.39, 0.29) is 28.9 Å². The molecule has 0 aromatic heterocycles. The lowest BCUT2D eigenvalue weighted by atomic mass is 10.0. The van der Waals surface area contributed by atoms with E-state index in [4.69, 9.17) is 4.74 Å². The maximum atomic E-state index is 13.4. The number of hydrogen-bond acceptors (Lipinski definition) is 7. The zero-order valence-corrected chi connectivity index (χ0v) is 18.4. The second-order valence-electron chi connectivity index (χ2n) is 7.88. The van der Waals surface area contributed by atoms with Crippen LogP contribution in [0.2, 0.25) is 0 Å². The number of ether oxygens (including phenoxy) is 1. The summed E-state index contributed by atoms with van der Waals surface area (Å²) in [4.78, 5) is 21.5. The second kappa shape index (κ2) is 7.84. The molecule has 2 aromatic carbocycles. The molecule has 32 heavy (non-hydrogen) atoms. The van der Waals surface area contributed by atoms with Crippen LogP contribution in [0.1, 0.15) is 11.1 Å². The Bertz CT molecular complexity index is 1280. The Kier molecular flexibility index (Phi) is 5.11. The maximum Gasteiger partial charge on any atom is 0.272 e. The molecular weight excluding hydrogens is 430 g/mol. The number of morpholine rings is 1. The third-order valence-electron chi connectivity index (χ3n) is 5.99. The number of rotatable bonds is 4. The summed E-state index contributed by atoms with van der Waals surface area (Å²) in [5, 5.41) is 9.51. The average molecular weight is 454 g/mol. The van der Waals surface area contributed by atoms with Gasteiger partial charge in [-0.15, -0.1) is 0 Å². The van der Waals surface area contributed by atoms with E-state index >= 15 is 0 Å². The molecule has 2 aromatic rings. The topological polar surface area (TPSA) is 99.3 Å². The monoisotopic (exact) mass is 453 g/mol. The van der Waals surface area contributed by atoms with Crippen molar-refractivity contribution < 1.29 is 23.1 Å². The average Bonchev–Trinajstić information content (AvgIpc) is 3.52. The highest BCUT2D eigenvalue weighted by atomic mass is 32.2. The summed E-state index contributed by atoms with van der Waals surface area (Å²) in [7, 11) is -2.13. The predicted octanol–water partition coefficient (Wildman–Crippen LogP) is 1.76. The van der Waals surface area contributed by atoms with Crippen molar-refractivity contribution in [1.82, 2.24) is 4.90 Å². The van der Waals surface area contributed by atoms with Crippen LogP contribution in [-0.4, -0.2) is 69.1 Å². The Labute approximate surface area is 186 Å². The first kappa shape index (κ1) is 20.9. The maximum absolute atomic E-state index is 13.4. The summed E-state index contributed by atoms with van der Waals surface area (Å²) in [6.07, 6.45) is 0. The van der Waals surface area contributed by atoms with Crippen LogP contribution in [0.3, 0.4) is 0 Å². The molecule has 0 unspecified atom stereocenters. The first-order valence-corrected chi connectivity index (χ1v) is 12.0. The molecule has 0 bridgehead atoms. The number of fused-ring (bicyclic) bond motifs is 2. The molecule has 0 saturated carbocycles. The summed E-state index contributed by atoms with van der Waals surface area (Å²) in [6.45, 7) is 1.67. The van der Waals surface area contributed by atoms with E-state index in [2.05, 4.69) is 4.99 Å². The smallest absolute Gasteiger partial charge is 0.272 e. The third kappa shape index (κ3) is 3.33. The number of benzene rings is 2. The number of amides is 1. The zero-order chi connectivity index (χ0) is 22.5. The summed E-state index contributed by atoms with van der Waals surface area (Å²) >= 11 is 0. The van der Waals surface area contributed by atoms with Crippen molar-refractivity contribution in [3.63, 3.8) is 0 Å². The van der Waals surface area contributed by atoms with Gasteiger partial charge in [-0.25, -0.2) is 8.42 Å². The second-order valence-corrected chi connectivity index (χ2v) is 9.83. The summed E-state index contributed by atoms with van der Waals surface area (Å²) in [5.41, 5.74) is 4.31. The number of carbonyl (C=O) groups excluding carboxylic acids is 1. The molecule has 3 aliphatic heterocycles. The molecule has 3 aliphatic rings. The Balaban J connectivity index is 1.68. The zero-order valence-electron chi connectivity index (χ0n) is 17.6. The number of anilines is 2. The Morgan fingerprint density at radius 2 is 1.88 bits per heavy atom. The summed E-state index contributed by atoms with van der Waals surface area (Å²) in [6, 6.07) is 12.4. The number of hydrogen-bond donors (Lipinski definition) is 1. The summed E-state index contributed by atoms with van der Waals surface area (Å²) < 4.78 is 31.7. The lowest BCUT2D eigenvalue weighted by Gasteiger charge is -2.30. The molecule has 8 nitrogen and oxygen atoms in total. The molecule has 1 fully saturated rings. The molecule has 1 N–H and O–H groups in total. The van der Waals surface area contributed by atoms with Gasteiger partial charge in [0.15, 0.2) is 9.84 Å². The molecule has 1 saturated heterocycles. The van der Waals surface area contributed by atoms with E-state index in [1.165, 1.54) is 7.05 Å². The standard InChI is InChI=1S/C23H23N3O5S/c1-24-21(23(28)25-8-10-31-11-9-25)17-14-32(29,30)20-5-3-2-4-16(20)22(17)26-18-7-6-15(13-27)12-19(18)26/h2-7,12,27H,8-11,13-14H2,1H3. The fraction of sp³-hybridized carbons (Fsp3) is 0.304. The molecule has 0 spiro atoms. The van der Waals surface area contributed by atoms with E-state index < -0.39 is 9.84 Å². The van der Waals surface area contributed by atoms with Crippen LogP contribution in [0.4, 0.5) is 11.4 Å². The van der Waals surface area contributed by atoms with Gasteiger partial charge in [-0.2, -0.15) is 0 Å². The van der Waals surface area contributed by atoms with Gasteiger partial charge in [0.2, 0.25) is 0 Å². The normalized spacial score (nSPS) is 19.5. The van der Waals surface area contributed by atoms with Crippen molar-refractivity contribution in [3.05, 3.63) is 59.2 Å². The quantitative estimate of drug-likeness (QED) is 0.560. The number of aliphatic hydroxyl groups is 1. The molecular formula is C23H23N3O5S. The molecule has 3 heterocycles. The van der Waals surface area contributed by atoms with Crippen LogP contribution < -0.4 is 4.90 Å². The minimum atomic E-state index is -3.65. The van der Waals surface area contributed by atoms with Gasteiger partial charge in [0.1, 0.15) is 5.71 Å². The number of aliphatic imine (C=N–C) groups is 1. The molecule has 5 rings (SSSR count). The molecule has 1 amide bonds. The van der Waals surface area contributed by atoms with Crippen LogP contribution in [0.15, 0.2) is 57.9 Å². The molecule has 9 heteroatoms. The van der Waals surface area contributed by atoms with Crippen LogP contribution in [0.25, 0.3) is 5.70 Å². The fourth-order valence-corrected chi connectivity index (χ4v) is 5.98. The highest BCUT2D eigenvalue weighted by Crippen LogP contribution is 2.56. The van der Waals surface area contributed by atoms with Gasteiger partial charge < -0.3 is 19.6 Å². The van der Waals surface area contributed by atoms with Crippen molar-refractivity contribution in [1.29, 1.82) is 0 Å². The Morgan fingerprint density at radius 3 is 2.59 bits per heavy atom. The van der Waals surface area contributed by atoms with Crippen LogP contribution in [0, 0.1) is 0 Å². The van der Waals surface area contributed by atoms with Crippen molar-refractivity contribution in [2.75, 3.05) is 44.0 Å². The first-order valence-electron chi connectivity index (χ1n) is 10.4. The van der Waals surface area contributed by atoms with E-state index in [1.807, 2.05) is 23.1 Å². The van der Waals surface area contributed by atoms with Gasteiger partial charge >= 0.3 is 0 Å². The van der Waals surface area contributed by atoms with E-state index in [0.717, 1.165) is 16.9 Å². The van der Waals surface area contributed by atoms with Crippen LogP contribution >= 0.6 is 0 Å². The van der Waals surface area contributed by atoms with Crippen molar-refractivity contribution in [3.8, 4) is 0 Å². The summed E-state index contributed by atoms with van der Waals surface area (Å²) in [5.74, 6) is -0.598. The first-order chi connectivity index (χ1) is 15.5. The number of carbonyl (C=O) groups is 1. The molecule has 0 radical (unpaired) electrons. The molecule has 166 valence electrons. The van der Waals surface area contributed by atoms with Gasteiger partial charge in [0, 0.05) is 31.3 Å². The molecule has 0 aliphatic carbocycles. The SMILES string of the molecule is CN=C(C(=O)N1CCOCC1)C1=C(N2c3ccc(CO)cc32)c2ccccc2S(=O)(=O)C1. The van der Waals surface area contributed by atoms with Crippen LogP contribution in [0.5, 0.6) is 0 Å². The van der Waals surface area contributed by atoms with Gasteiger partial charge in [0.05, 0.1) is 47.5 Å². The highest BCUT2D eigenvalue weighted by molar-refractivity contribution is 7.91. The number of nitrogens with zero attached hydrogens (tertiary/aromatic N) is 3. The largest absolute Gasteiger partial charge is 0.392 e. The van der Waals surface area contributed by atoms with Crippen LogP contribution in [-0.2, 0) is 26.0 Å². The minimum Gasteiger partial charge on any atom is -0.392 e. The van der Waals surface area contributed by atoms with E-state index in [1.54, 1.807) is 29.2 Å². The number of aliphatic hydroxyl groups excluding tert-OH is 1. The van der Waals surface area contributed by atoms with Crippen molar-refractivity contribution in [2.45, 2.75) is 11.5 Å². The van der Waals surface area contributed by atoms with E-state index in [9.17, 15) is 18.3 Å². The van der Waals surface area contributed by atoms with Gasteiger partial charge in [-0.1, -0.05) is 24.3 Å². The Hall–Kier alpha value is -3.01. The van der Waals surface area contributed by atoms with Crippen molar-refractivity contribution >= 4 is 38.5 Å². The fourth-order valence-electron chi connectivity index (χ4n) is 4.38.